The number of anilines is 2. The summed E-state index contributed by atoms with van der Waals surface area (Å²) >= 11 is 0.798. The van der Waals surface area contributed by atoms with Gasteiger partial charge in [0.25, 0.3) is 11.8 Å². The van der Waals surface area contributed by atoms with Crippen LogP contribution in [0.25, 0.3) is 0 Å². The molecule has 1 atom stereocenters. The van der Waals surface area contributed by atoms with E-state index >= 15 is 0 Å². The minimum atomic E-state index is -0.807. The number of benzene rings is 1. The molecular formula is C21H29N5O3S. The second-order valence-corrected chi connectivity index (χ2v) is 9.31. The molecule has 2 rings (SSSR count). The molecule has 1 heterocycles. The SMILES string of the molecule is CC(C)CC(C(=O)NC(C)(C)C)N(C(=O)c1snc(C(N)=O)c1N)c1ccccc1. The standard InChI is InChI=1S/C21H29N5O3S/c1-12(2)11-14(19(28)24-21(3,4)5)26(13-9-7-6-8-10-13)20(29)17-15(22)16(18(23)27)25-30-17/h6-10,12,14H,11,22H2,1-5H3,(H2,23,27)(H,24,28). The lowest BCUT2D eigenvalue weighted by atomic mass is 9.98. The minimum absolute atomic E-state index is 0.0713. The van der Waals surface area contributed by atoms with E-state index in [0.717, 1.165) is 11.5 Å². The lowest BCUT2D eigenvalue weighted by molar-refractivity contribution is -0.124. The van der Waals surface area contributed by atoms with Crippen LogP contribution in [0.2, 0.25) is 0 Å². The molecule has 0 aliphatic rings. The summed E-state index contributed by atoms with van der Waals surface area (Å²) in [5.74, 6) is -1.44. The van der Waals surface area contributed by atoms with Gasteiger partial charge in [0.1, 0.15) is 10.9 Å². The molecular weight excluding hydrogens is 402 g/mol. The minimum Gasteiger partial charge on any atom is -0.395 e. The number of nitrogen functional groups attached to an aromatic ring is 1. The van der Waals surface area contributed by atoms with Crippen molar-refractivity contribution < 1.29 is 14.4 Å². The Morgan fingerprint density at radius 2 is 1.77 bits per heavy atom. The van der Waals surface area contributed by atoms with Crippen molar-refractivity contribution in [1.29, 1.82) is 0 Å². The van der Waals surface area contributed by atoms with Gasteiger partial charge < -0.3 is 16.8 Å². The third-order valence-corrected chi connectivity index (χ3v) is 5.07. The zero-order valence-corrected chi connectivity index (χ0v) is 18.7. The van der Waals surface area contributed by atoms with Crippen molar-refractivity contribution in [2.75, 3.05) is 10.6 Å². The summed E-state index contributed by atoms with van der Waals surface area (Å²) in [5.41, 5.74) is 11.2. The predicted octanol–water partition coefficient (Wildman–Crippen LogP) is 2.80. The highest BCUT2D eigenvalue weighted by molar-refractivity contribution is 7.09. The fourth-order valence-electron chi connectivity index (χ4n) is 3.00. The zero-order chi connectivity index (χ0) is 22.6. The quantitative estimate of drug-likeness (QED) is 0.620. The number of nitrogens with one attached hydrogen (secondary N) is 1. The van der Waals surface area contributed by atoms with E-state index in [1.165, 1.54) is 4.90 Å². The fourth-order valence-corrected chi connectivity index (χ4v) is 3.74. The van der Waals surface area contributed by atoms with Crippen molar-refractivity contribution in [2.45, 2.75) is 52.6 Å². The second kappa shape index (κ2) is 9.25. The molecule has 9 heteroatoms. The second-order valence-electron chi connectivity index (χ2n) is 8.53. The number of primary amides is 1. The van der Waals surface area contributed by atoms with Gasteiger partial charge in [0.15, 0.2) is 5.69 Å². The normalized spacial score (nSPS) is 12.5. The van der Waals surface area contributed by atoms with Crippen LogP contribution < -0.4 is 21.7 Å². The zero-order valence-electron chi connectivity index (χ0n) is 17.9. The van der Waals surface area contributed by atoms with Crippen LogP contribution in [0.4, 0.5) is 11.4 Å². The molecule has 0 radical (unpaired) electrons. The van der Waals surface area contributed by atoms with E-state index in [1.54, 1.807) is 24.3 Å². The molecule has 2 aromatic rings. The molecule has 30 heavy (non-hydrogen) atoms. The Kier molecular flexibility index (Phi) is 7.20. The van der Waals surface area contributed by atoms with Crippen LogP contribution in [0.3, 0.4) is 0 Å². The Morgan fingerprint density at radius 1 is 1.17 bits per heavy atom. The number of hydrogen-bond acceptors (Lipinski definition) is 6. The molecule has 3 amide bonds. The van der Waals surface area contributed by atoms with Gasteiger partial charge in [0, 0.05) is 11.2 Å². The number of aromatic nitrogens is 1. The van der Waals surface area contributed by atoms with Gasteiger partial charge in [0.05, 0.1) is 5.69 Å². The third kappa shape index (κ3) is 5.56. The lowest BCUT2D eigenvalue weighted by Gasteiger charge is -2.34. The molecule has 0 bridgehead atoms. The van der Waals surface area contributed by atoms with Gasteiger partial charge in [-0.05, 0) is 56.8 Å². The molecule has 0 saturated heterocycles. The Morgan fingerprint density at radius 3 is 2.23 bits per heavy atom. The number of amides is 3. The van der Waals surface area contributed by atoms with Crippen molar-refractivity contribution in [3.8, 4) is 0 Å². The molecule has 1 aromatic carbocycles. The van der Waals surface area contributed by atoms with E-state index in [0.29, 0.717) is 12.1 Å². The Bertz CT molecular complexity index is 918. The molecule has 1 unspecified atom stereocenters. The van der Waals surface area contributed by atoms with Gasteiger partial charge in [-0.25, -0.2) is 0 Å². The lowest BCUT2D eigenvalue weighted by Crippen LogP contribution is -2.54. The molecule has 0 aliphatic carbocycles. The molecule has 162 valence electrons. The molecule has 1 aromatic heterocycles. The van der Waals surface area contributed by atoms with Gasteiger partial charge in [-0.2, -0.15) is 4.37 Å². The van der Waals surface area contributed by atoms with Crippen LogP contribution in [0.15, 0.2) is 30.3 Å². The molecule has 0 saturated carbocycles. The van der Waals surface area contributed by atoms with Crippen LogP contribution in [-0.2, 0) is 4.79 Å². The average Bonchev–Trinajstić information content (AvgIpc) is 3.02. The van der Waals surface area contributed by atoms with Crippen LogP contribution in [0, 0.1) is 5.92 Å². The first kappa shape index (κ1) is 23.3. The number of nitrogens with two attached hydrogens (primary N) is 2. The maximum atomic E-state index is 13.6. The van der Waals surface area contributed by atoms with Gasteiger partial charge in [-0.1, -0.05) is 32.0 Å². The number of carbonyl (C=O) groups excluding carboxylic acids is 3. The van der Waals surface area contributed by atoms with Crippen molar-refractivity contribution in [3.05, 3.63) is 40.9 Å². The van der Waals surface area contributed by atoms with Crippen molar-refractivity contribution >= 4 is 40.6 Å². The summed E-state index contributed by atoms with van der Waals surface area (Å²) < 4.78 is 3.93. The molecule has 0 fully saturated rings. The average molecular weight is 432 g/mol. The summed E-state index contributed by atoms with van der Waals surface area (Å²) in [4.78, 5) is 39.8. The van der Waals surface area contributed by atoms with Crippen LogP contribution in [0.1, 0.15) is 61.2 Å². The highest BCUT2D eigenvalue weighted by atomic mass is 32.1. The first-order valence-corrected chi connectivity index (χ1v) is 10.4. The monoisotopic (exact) mass is 431 g/mol. The number of hydrogen-bond donors (Lipinski definition) is 3. The first-order chi connectivity index (χ1) is 13.9. The van der Waals surface area contributed by atoms with Crippen molar-refractivity contribution in [3.63, 3.8) is 0 Å². The van der Waals surface area contributed by atoms with Crippen molar-refractivity contribution in [2.24, 2.45) is 11.7 Å². The summed E-state index contributed by atoms with van der Waals surface area (Å²) in [7, 11) is 0. The van der Waals surface area contributed by atoms with Crippen molar-refractivity contribution in [1.82, 2.24) is 9.69 Å². The molecule has 0 spiro atoms. The summed E-state index contributed by atoms with van der Waals surface area (Å²) in [5, 5.41) is 2.97. The Labute approximate surface area is 180 Å². The molecule has 0 aliphatic heterocycles. The molecule has 8 nitrogen and oxygen atoms in total. The van der Waals surface area contributed by atoms with E-state index < -0.39 is 23.4 Å². The van der Waals surface area contributed by atoms with E-state index in [2.05, 4.69) is 9.69 Å². The van der Waals surface area contributed by atoms with E-state index in [-0.39, 0.29) is 28.1 Å². The van der Waals surface area contributed by atoms with E-state index in [9.17, 15) is 14.4 Å². The van der Waals surface area contributed by atoms with E-state index in [1.807, 2.05) is 40.7 Å². The van der Waals surface area contributed by atoms with Gasteiger partial charge in [0.2, 0.25) is 5.91 Å². The number of nitrogens with zero attached hydrogens (tertiary/aromatic N) is 2. The van der Waals surface area contributed by atoms with E-state index in [4.69, 9.17) is 11.5 Å². The topological polar surface area (TPSA) is 131 Å². The Hall–Kier alpha value is -2.94. The largest absolute Gasteiger partial charge is 0.395 e. The smallest absolute Gasteiger partial charge is 0.272 e. The van der Waals surface area contributed by atoms with Crippen LogP contribution in [-0.4, -0.2) is 33.7 Å². The summed E-state index contributed by atoms with van der Waals surface area (Å²) in [6.07, 6.45) is 0.434. The van der Waals surface area contributed by atoms with Gasteiger partial charge >= 0.3 is 0 Å². The summed E-state index contributed by atoms with van der Waals surface area (Å²) in [6.45, 7) is 9.61. The van der Waals surface area contributed by atoms with Gasteiger partial charge in [-0.3, -0.25) is 19.3 Å². The number of para-hydroxylation sites is 1. The highest BCUT2D eigenvalue weighted by Crippen LogP contribution is 2.29. The Balaban J connectivity index is 2.58. The fraction of sp³-hybridized carbons (Fsp3) is 0.429. The summed E-state index contributed by atoms with van der Waals surface area (Å²) in [6, 6.07) is 8.12. The highest BCUT2D eigenvalue weighted by Gasteiger charge is 2.36. The van der Waals surface area contributed by atoms with Gasteiger partial charge in [-0.15, -0.1) is 0 Å². The van der Waals surface area contributed by atoms with Crippen LogP contribution in [0.5, 0.6) is 0 Å². The number of rotatable bonds is 7. The maximum absolute atomic E-state index is 13.6. The predicted molar refractivity (Wildman–Crippen MR) is 119 cm³/mol. The maximum Gasteiger partial charge on any atom is 0.272 e. The first-order valence-electron chi connectivity index (χ1n) is 9.68. The third-order valence-electron chi connectivity index (χ3n) is 4.22. The molecule has 5 N–H and O–H groups in total. The van der Waals surface area contributed by atoms with Crippen LogP contribution >= 0.6 is 11.5 Å². The number of carbonyl (C=O) groups is 3.